The fourth-order valence-electron chi connectivity index (χ4n) is 2.04. The lowest BCUT2D eigenvalue weighted by Gasteiger charge is -2.24. The predicted molar refractivity (Wildman–Crippen MR) is 70.8 cm³/mol. The van der Waals surface area contributed by atoms with Crippen molar-refractivity contribution in [1.82, 2.24) is 15.4 Å². The summed E-state index contributed by atoms with van der Waals surface area (Å²) in [5, 5.41) is 4.16. The summed E-state index contributed by atoms with van der Waals surface area (Å²) in [6.45, 7) is 4.66. The summed E-state index contributed by atoms with van der Waals surface area (Å²) in [6.07, 6.45) is 8.08. The molecule has 16 heavy (non-hydrogen) atoms. The molecular weight excluding hydrogens is 200 g/mol. The van der Waals surface area contributed by atoms with Crippen LogP contribution in [0.15, 0.2) is 0 Å². The third-order valence-electron chi connectivity index (χ3n) is 3.06. The molecule has 0 saturated carbocycles. The maximum atomic E-state index is 5.47. The molecule has 0 amide bonds. The van der Waals surface area contributed by atoms with E-state index in [-0.39, 0.29) is 7.43 Å². The van der Waals surface area contributed by atoms with Crippen LogP contribution in [0.25, 0.3) is 0 Å². The molecule has 2 saturated heterocycles. The highest BCUT2D eigenvalue weighted by atomic mass is 15.5. The molecule has 2 heterocycles. The fourth-order valence-corrected chi connectivity index (χ4v) is 2.04. The van der Waals surface area contributed by atoms with Crippen molar-refractivity contribution in [2.75, 3.05) is 33.2 Å². The number of nitrogens with zero attached hydrogens (tertiary/aromatic N) is 2. The highest BCUT2D eigenvalue weighted by Crippen LogP contribution is 2.04. The third-order valence-corrected chi connectivity index (χ3v) is 3.06. The number of nitrogens with one attached hydrogen (secondary N) is 1. The molecule has 0 atom stereocenters. The Labute approximate surface area is 101 Å². The Hall–Kier alpha value is -0.160. The van der Waals surface area contributed by atoms with E-state index in [0.717, 1.165) is 13.1 Å². The van der Waals surface area contributed by atoms with Crippen LogP contribution in [-0.4, -0.2) is 43.2 Å². The van der Waals surface area contributed by atoms with Gasteiger partial charge in [0.2, 0.25) is 0 Å². The van der Waals surface area contributed by atoms with E-state index in [1.54, 1.807) is 0 Å². The Balaban J connectivity index is 0.000000267. The lowest BCUT2D eigenvalue weighted by atomic mass is 10.2. The highest BCUT2D eigenvalue weighted by molar-refractivity contribution is 4.58. The fraction of sp³-hybridized carbons (Fsp3) is 1.00. The van der Waals surface area contributed by atoms with Crippen molar-refractivity contribution < 1.29 is 0 Å². The first kappa shape index (κ1) is 15.8. The van der Waals surface area contributed by atoms with Crippen LogP contribution in [0, 0.1) is 0 Å². The van der Waals surface area contributed by atoms with Crippen LogP contribution in [0.1, 0.15) is 46.0 Å². The van der Waals surface area contributed by atoms with Gasteiger partial charge in [-0.15, -0.1) is 0 Å². The van der Waals surface area contributed by atoms with Crippen LogP contribution >= 0.6 is 0 Å². The van der Waals surface area contributed by atoms with E-state index in [4.69, 9.17) is 5.84 Å². The minimum Gasteiger partial charge on any atom is -0.269 e. The zero-order valence-corrected chi connectivity index (χ0v) is 10.0. The van der Waals surface area contributed by atoms with Gasteiger partial charge in [0.05, 0.1) is 0 Å². The zero-order valence-electron chi connectivity index (χ0n) is 10.0. The second-order valence-electron chi connectivity index (χ2n) is 4.37. The van der Waals surface area contributed by atoms with Gasteiger partial charge in [0, 0.05) is 26.2 Å². The van der Waals surface area contributed by atoms with Gasteiger partial charge < -0.3 is 0 Å². The van der Waals surface area contributed by atoms with E-state index in [1.165, 1.54) is 51.6 Å². The first-order valence-electron chi connectivity index (χ1n) is 6.25. The van der Waals surface area contributed by atoms with Gasteiger partial charge in [0.1, 0.15) is 0 Å². The van der Waals surface area contributed by atoms with E-state index in [9.17, 15) is 0 Å². The van der Waals surface area contributed by atoms with E-state index < -0.39 is 0 Å². The smallest absolute Gasteiger partial charge is 0.0130 e. The highest BCUT2D eigenvalue weighted by Gasteiger charge is 2.05. The molecule has 0 unspecified atom stereocenters. The lowest BCUT2D eigenvalue weighted by Crippen LogP contribution is -2.38. The Morgan fingerprint density at radius 2 is 1.25 bits per heavy atom. The molecule has 4 nitrogen and oxygen atoms in total. The SMILES string of the molecule is C.CNN1CCCCC1.NN1CCCCC1. The quantitative estimate of drug-likeness (QED) is 0.672. The van der Waals surface area contributed by atoms with Crippen molar-refractivity contribution in [2.24, 2.45) is 5.84 Å². The molecule has 0 aromatic rings. The van der Waals surface area contributed by atoms with Gasteiger partial charge in [-0.25, -0.2) is 10.0 Å². The molecule has 2 aliphatic rings. The number of piperidine rings is 2. The van der Waals surface area contributed by atoms with Gasteiger partial charge in [0.25, 0.3) is 0 Å². The normalized spacial score (nSPS) is 22.9. The van der Waals surface area contributed by atoms with E-state index in [2.05, 4.69) is 10.4 Å². The molecule has 0 bridgehead atoms. The predicted octanol–water partition coefficient (Wildman–Crippen LogP) is 1.59. The van der Waals surface area contributed by atoms with Crippen molar-refractivity contribution in [2.45, 2.75) is 46.0 Å². The van der Waals surface area contributed by atoms with Crippen LogP contribution < -0.4 is 11.3 Å². The molecule has 0 aromatic carbocycles. The zero-order chi connectivity index (χ0) is 10.9. The third kappa shape index (κ3) is 7.17. The average molecular weight is 230 g/mol. The van der Waals surface area contributed by atoms with Crippen LogP contribution in [0.4, 0.5) is 0 Å². The molecule has 0 aromatic heterocycles. The van der Waals surface area contributed by atoms with Crippen LogP contribution in [0.3, 0.4) is 0 Å². The number of rotatable bonds is 1. The second-order valence-corrected chi connectivity index (χ2v) is 4.37. The molecule has 2 fully saturated rings. The van der Waals surface area contributed by atoms with Crippen molar-refractivity contribution in [3.63, 3.8) is 0 Å². The van der Waals surface area contributed by atoms with Gasteiger partial charge in [0.15, 0.2) is 0 Å². The van der Waals surface area contributed by atoms with Crippen molar-refractivity contribution in [1.29, 1.82) is 0 Å². The van der Waals surface area contributed by atoms with Crippen molar-refractivity contribution in [3.05, 3.63) is 0 Å². The van der Waals surface area contributed by atoms with Gasteiger partial charge in [-0.2, -0.15) is 0 Å². The van der Waals surface area contributed by atoms with Gasteiger partial charge in [-0.1, -0.05) is 20.3 Å². The van der Waals surface area contributed by atoms with Gasteiger partial charge in [-0.05, 0) is 32.7 Å². The van der Waals surface area contributed by atoms with Crippen molar-refractivity contribution >= 4 is 0 Å². The Kier molecular flexibility index (Phi) is 9.92. The van der Waals surface area contributed by atoms with Crippen LogP contribution in [-0.2, 0) is 0 Å². The summed E-state index contributed by atoms with van der Waals surface area (Å²) < 4.78 is 0. The summed E-state index contributed by atoms with van der Waals surface area (Å²) in [7, 11) is 1.99. The maximum Gasteiger partial charge on any atom is 0.0130 e. The van der Waals surface area contributed by atoms with Crippen molar-refractivity contribution in [3.8, 4) is 0 Å². The topological polar surface area (TPSA) is 44.5 Å². The van der Waals surface area contributed by atoms with Crippen LogP contribution in [0.2, 0.25) is 0 Å². The Morgan fingerprint density at radius 1 is 0.812 bits per heavy atom. The number of nitrogens with two attached hydrogens (primary N) is 1. The summed E-state index contributed by atoms with van der Waals surface area (Å²) >= 11 is 0. The molecule has 0 spiro atoms. The number of hydrazine groups is 2. The first-order valence-corrected chi connectivity index (χ1v) is 6.25. The summed E-state index contributed by atoms with van der Waals surface area (Å²) in [4.78, 5) is 0. The molecule has 98 valence electrons. The molecule has 3 N–H and O–H groups in total. The molecule has 4 heteroatoms. The second kappa shape index (κ2) is 10.0. The van der Waals surface area contributed by atoms with E-state index in [0.29, 0.717) is 0 Å². The van der Waals surface area contributed by atoms with E-state index in [1.807, 2.05) is 12.1 Å². The molecule has 2 aliphatic heterocycles. The molecule has 0 aliphatic carbocycles. The standard InChI is InChI=1S/C6H14N2.C5H12N2.CH4/c1-7-8-5-3-2-4-6-8;6-7-4-2-1-3-5-7;/h7H,2-6H2,1H3;1-6H2;1H4. The molecule has 0 radical (unpaired) electrons. The Morgan fingerprint density at radius 3 is 1.50 bits per heavy atom. The summed E-state index contributed by atoms with van der Waals surface area (Å²) in [6, 6.07) is 0. The number of hydrogen-bond acceptors (Lipinski definition) is 4. The minimum atomic E-state index is 0. The Bertz CT molecular complexity index is 140. The first-order chi connectivity index (χ1) is 7.33. The molecule has 2 rings (SSSR count). The lowest BCUT2D eigenvalue weighted by molar-refractivity contribution is 0.171. The summed E-state index contributed by atoms with van der Waals surface area (Å²) in [5.74, 6) is 5.47. The van der Waals surface area contributed by atoms with Gasteiger partial charge >= 0.3 is 0 Å². The largest absolute Gasteiger partial charge is 0.269 e. The molecular formula is C12H30N4. The minimum absolute atomic E-state index is 0. The monoisotopic (exact) mass is 230 g/mol. The average Bonchev–Trinajstić information content (AvgIpc) is 2.32. The van der Waals surface area contributed by atoms with Gasteiger partial charge in [-0.3, -0.25) is 11.3 Å². The summed E-state index contributed by atoms with van der Waals surface area (Å²) in [5.41, 5.74) is 3.14. The number of hydrogen-bond donors (Lipinski definition) is 2. The maximum absolute atomic E-state index is 5.47. The van der Waals surface area contributed by atoms with Crippen LogP contribution in [0.5, 0.6) is 0 Å². The van der Waals surface area contributed by atoms with E-state index >= 15 is 0 Å².